The molecule has 0 spiro atoms. The molecular weight excluding hydrogens is 1230 g/mol. The Bertz CT molecular complexity index is 2560. The molecule has 1 heterocycles. The van der Waals surface area contributed by atoms with Crippen molar-refractivity contribution in [3.63, 3.8) is 0 Å². The molecule has 26 nitrogen and oxygen atoms in total. The Morgan fingerprint density at radius 1 is 0.594 bits per heavy atom. The van der Waals surface area contributed by atoms with Gasteiger partial charge in [-0.05, 0) is 81.5 Å². The van der Waals surface area contributed by atoms with E-state index in [4.69, 9.17) is 9.47 Å². The molecule has 0 saturated carbocycles. The molecule has 0 aromatic rings. The first-order valence-electron chi connectivity index (χ1n) is 34.4. The molecule has 0 aliphatic carbocycles. The molecule has 0 aromatic carbocycles. The summed E-state index contributed by atoms with van der Waals surface area (Å²) in [6.07, 6.45) is 11.6. The number of carbonyl (C=O) groups is 12. The monoisotopic (exact) mass is 1350 g/mol. The molecule has 1 aliphatic rings. The Hall–Kier alpha value is -7.06. The second-order valence-corrected chi connectivity index (χ2v) is 27.3. The first kappa shape index (κ1) is 87.0. The highest BCUT2D eigenvalue weighted by molar-refractivity contribution is 5.98. The van der Waals surface area contributed by atoms with Gasteiger partial charge in [0.1, 0.15) is 48.6 Å². The lowest BCUT2D eigenvalue weighted by Crippen LogP contribution is -2.61. The maximum atomic E-state index is 15.1. The Morgan fingerprint density at radius 2 is 1.12 bits per heavy atom. The van der Waals surface area contributed by atoms with Crippen molar-refractivity contribution >= 4 is 71.8 Å². The number of hydrogen-bond acceptors (Lipinski definition) is 15. The van der Waals surface area contributed by atoms with Crippen LogP contribution in [0.3, 0.4) is 0 Å². The van der Waals surface area contributed by atoms with E-state index in [9.17, 15) is 52.7 Å². The van der Waals surface area contributed by atoms with E-state index in [0.717, 1.165) is 11.3 Å². The third kappa shape index (κ3) is 29.7. The van der Waals surface area contributed by atoms with Crippen LogP contribution in [0.1, 0.15) is 154 Å². The van der Waals surface area contributed by atoms with E-state index in [1.807, 2.05) is 62.3 Å². The molecule has 0 radical (unpaired) electrons. The molecule has 8 unspecified atom stereocenters. The van der Waals surface area contributed by atoms with Gasteiger partial charge in [0.05, 0.1) is 58.0 Å². The van der Waals surface area contributed by atoms with Crippen LogP contribution >= 0.6 is 0 Å². The summed E-state index contributed by atoms with van der Waals surface area (Å²) in [7, 11) is 8.90. The van der Waals surface area contributed by atoms with Gasteiger partial charge in [-0.2, -0.15) is 0 Å². The minimum Gasteiger partial charge on any atom is -0.378 e. The maximum absolute atomic E-state index is 15.1. The highest BCUT2D eigenvalue weighted by Crippen LogP contribution is 2.22. The average molecular weight is 1360 g/mol. The van der Waals surface area contributed by atoms with Crippen LogP contribution < -0.4 is 26.6 Å². The van der Waals surface area contributed by atoms with Crippen LogP contribution in [0.15, 0.2) is 37.0 Å². The molecule has 0 aromatic heterocycles. The molecule has 546 valence electrons. The maximum Gasteiger partial charge on any atom is 0.247 e. The van der Waals surface area contributed by atoms with Gasteiger partial charge in [-0.1, -0.05) is 133 Å². The molecule has 1 fully saturated rings. The van der Waals surface area contributed by atoms with E-state index in [0.29, 0.717) is 57.6 Å². The highest BCUT2D eigenvalue weighted by atomic mass is 16.5. The van der Waals surface area contributed by atoms with E-state index < -0.39 is 121 Å². The van der Waals surface area contributed by atoms with E-state index in [1.54, 1.807) is 56.2 Å². The van der Waals surface area contributed by atoms with Gasteiger partial charge in [0.15, 0.2) is 0 Å². The summed E-state index contributed by atoms with van der Waals surface area (Å²) >= 11 is 0. The molecule has 26 heteroatoms. The Morgan fingerprint density at radius 3 is 1.62 bits per heavy atom. The van der Waals surface area contributed by atoms with Crippen molar-refractivity contribution in [2.75, 3.05) is 94.9 Å². The summed E-state index contributed by atoms with van der Waals surface area (Å²) in [5, 5.41) is 14.3. The fourth-order valence-electron chi connectivity index (χ4n) is 11.1. The number of morpholine rings is 1. The zero-order valence-electron chi connectivity index (χ0n) is 61.5. The zero-order chi connectivity index (χ0) is 73.1. The predicted molar refractivity (Wildman–Crippen MR) is 371 cm³/mol. The summed E-state index contributed by atoms with van der Waals surface area (Å²) in [4.78, 5) is 176. The van der Waals surface area contributed by atoms with Crippen molar-refractivity contribution in [3.05, 3.63) is 37.0 Å². The third-order valence-corrected chi connectivity index (χ3v) is 17.4. The zero-order valence-corrected chi connectivity index (χ0v) is 61.5. The van der Waals surface area contributed by atoms with E-state index >= 15 is 4.79 Å². The van der Waals surface area contributed by atoms with Crippen molar-refractivity contribution in [3.8, 4) is 0 Å². The quantitative estimate of drug-likeness (QED) is 0.0429. The predicted octanol–water partition coefficient (Wildman–Crippen LogP) is 3.72. The lowest BCUT2D eigenvalue weighted by Gasteiger charge is -2.37. The number of likely N-dealkylation sites (N-methyl/N-ethyl adjacent to an activating group) is 6. The van der Waals surface area contributed by atoms with Gasteiger partial charge in [-0.3, -0.25) is 52.7 Å². The van der Waals surface area contributed by atoms with Gasteiger partial charge >= 0.3 is 0 Å². The molecule has 1 rings (SSSR count). The van der Waals surface area contributed by atoms with Gasteiger partial charge in [-0.15, -0.1) is 0 Å². The van der Waals surface area contributed by atoms with Crippen LogP contribution in [0.4, 0.5) is 0 Å². The number of unbranched alkanes of at least 4 members (excludes halogenated alkanes) is 1. The highest BCUT2D eigenvalue weighted by Gasteiger charge is 2.41. The number of rotatable bonds is 46. The van der Waals surface area contributed by atoms with Crippen LogP contribution in [0.2, 0.25) is 0 Å². The van der Waals surface area contributed by atoms with Gasteiger partial charge in [0.25, 0.3) is 0 Å². The van der Waals surface area contributed by atoms with Gasteiger partial charge in [0.2, 0.25) is 65.5 Å². The SMILES string of the molecule is C=C/C=C\C=C\CC(C(=O)N(C)C(CC(C)C)C(=O)NC(COC[C@@H]1COCCN1)C(=O)N(C)C(C)CC(C)C)N(C)C(=O)CN(CCCC)C(=O)C(CC)NC(=O)C(CC(C)C)N(C)C(=O)C(NC(=O)C(CC(C)C)N(C)C(=O)CN(C)C(=O)C[C@@H](C=O)NC=O)[C@@H](C)CC. The van der Waals surface area contributed by atoms with Crippen LogP contribution in [0.25, 0.3) is 0 Å². The van der Waals surface area contributed by atoms with Gasteiger partial charge in [0, 0.05) is 61.4 Å². The average Bonchev–Trinajstić information content (AvgIpc) is 0.846. The summed E-state index contributed by atoms with van der Waals surface area (Å²) in [6, 6.07) is -9.37. The largest absolute Gasteiger partial charge is 0.378 e. The van der Waals surface area contributed by atoms with Crippen molar-refractivity contribution < 1.29 is 67.0 Å². The molecule has 5 N–H and O–H groups in total. The van der Waals surface area contributed by atoms with Gasteiger partial charge < -0.3 is 75.2 Å². The lowest BCUT2D eigenvalue weighted by atomic mass is 9.94. The molecule has 1 saturated heterocycles. The number of amides is 11. The first-order chi connectivity index (χ1) is 45.2. The summed E-state index contributed by atoms with van der Waals surface area (Å²) < 4.78 is 11.7. The molecular formula is C70H122N12O14. The van der Waals surface area contributed by atoms with Crippen molar-refractivity contribution in [1.29, 1.82) is 0 Å². The van der Waals surface area contributed by atoms with E-state index in [1.165, 1.54) is 59.7 Å². The van der Waals surface area contributed by atoms with Crippen LogP contribution in [0.5, 0.6) is 0 Å². The van der Waals surface area contributed by atoms with E-state index in [-0.39, 0.29) is 94.0 Å². The molecule has 1 aliphatic heterocycles. The van der Waals surface area contributed by atoms with Crippen molar-refractivity contribution in [1.82, 2.24) is 60.9 Å². The number of hydrogen-bond donors (Lipinski definition) is 5. The number of aldehydes is 1. The topological polar surface area (TPSA) is 306 Å². The standard InChI is InChI=1S/C70H122N12O14/c1-21-25-27-28-29-30-56(69(93)80(19)58(36-48(9)10)65(89)74-55(44-96-43-53-42-95-33-31-71-53)67(91)77(16)51(14)34-46(5)6)78(17)62(87)40-82(32-26-22-2)68(92)54(24-4)73-64(88)59(37-49(11)12)81(20)70(94)63(50(13)23-3)75-66(90)57(35-47(7)8)79(18)61(86)39-76(15)60(85)38-52(41-83)72-45-84/h21,25,27-29,41,45-59,63,71H,1,22-24,26,30-40,42-44H2,2-20H3,(H,72,84)(H,73,88)(H,74,89)(H,75,90)/b27-25-,29-28+/t50-,51?,52-,53-,54?,55?,56?,57?,58?,59?,63?/m0/s1. The summed E-state index contributed by atoms with van der Waals surface area (Å²) in [5.41, 5.74) is 0. The van der Waals surface area contributed by atoms with Crippen LogP contribution in [-0.4, -0.2) is 261 Å². The van der Waals surface area contributed by atoms with Crippen LogP contribution in [0, 0.1) is 29.6 Å². The number of allylic oxidation sites excluding steroid dienone is 4. The molecule has 96 heavy (non-hydrogen) atoms. The molecule has 0 bridgehead atoms. The number of nitrogens with one attached hydrogen (secondary N) is 5. The number of nitrogens with zero attached hydrogens (tertiary/aromatic N) is 7. The summed E-state index contributed by atoms with van der Waals surface area (Å²) in [6.45, 7) is 29.3. The normalized spacial score (nSPS) is 16.4. The third-order valence-electron chi connectivity index (χ3n) is 17.4. The van der Waals surface area contributed by atoms with Crippen LogP contribution in [-0.2, 0) is 67.0 Å². The Kier molecular flexibility index (Phi) is 41.2. The smallest absolute Gasteiger partial charge is 0.247 e. The van der Waals surface area contributed by atoms with Crippen molar-refractivity contribution in [2.45, 2.75) is 215 Å². The Balaban J connectivity index is 3.71. The minimum atomic E-state index is -1.19. The fraction of sp³-hybridized carbons (Fsp3) is 0.743. The summed E-state index contributed by atoms with van der Waals surface area (Å²) in [5.74, 6) is -6.33. The number of ether oxygens (including phenoxy) is 2. The van der Waals surface area contributed by atoms with Gasteiger partial charge in [-0.25, -0.2) is 0 Å². The minimum absolute atomic E-state index is 0.00245. The Labute approximate surface area is 573 Å². The van der Waals surface area contributed by atoms with Crippen molar-refractivity contribution in [2.24, 2.45) is 29.6 Å². The fourth-order valence-corrected chi connectivity index (χ4v) is 11.1. The molecule has 11 amide bonds. The molecule has 11 atom stereocenters. The second-order valence-electron chi connectivity index (χ2n) is 27.3. The lowest BCUT2D eigenvalue weighted by molar-refractivity contribution is -0.150. The van der Waals surface area contributed by atoms with E-state index in [2.05, 4.69) is 47.0 Å². The number of carbonyl (C=O) groups excluding carboxylic acids is 12. The first-order valence-corrected chi connectivity index (χ1v) is 34.4. The second kappa shape index (κ2) is 45.4.